The number of benzene rings is 4. The van der Waals surface area contributed by atoms with Crippen LogP contribution in [0.25, 0.3) is 22.0 Å². The lowest BCUT2D eigenvalue weighted by molar-refractivity contribution is 0.0951. The van der Waals surface area contributed by atoms with E-state index >= 15 is 0 Å². The molecular weight excluding hydrogens is 440 g/mol. The number of rotatable bonds is 6. The number of hydrogen-bond donors (Lipinski definition) is 1. The molecule has 4 aromatic carbocycles. The highest BCUT2D eigenvalue weighted by Gasteiger charge is 2.14. The van der Waals surface area contributed by atoms with Gasteiger partial charge in [-0.1, -0.05) is 78.4 Å². The van der Waals surface area contributed by atoms with Crippen LogP contribution < -0.4 is 5.32 Å². The van der Waals surface area contributed by atoms with Crippen molar-refractivity contribution in [3.05, 3.63) is 130 Å². The van der Waals surface area contributed by atoms with Crippen molar-refractivity contribution < 1.29 is 4.79 Å². The summed E-state index contributed by atoms with van der Waals surface area (Å²) in [6.45, 7) is 9.84. The third kappa shape index (κ3) is 4.70. The first-order valence-electron chi connectivity index (χ1n) is 12.5. The molecule has 1 heterocycles. The molecule has 0 bridgehead atoms. The first-order valence-corrected chi connectivity index (χ1v) is 12.5. The molecule has 36 heavy (non-hydrogen) atoms. The second-order valence-electron chi connectivity index (χ2n) is 9.71. The second kappa shape index (κ2) is 9.87. The Morgan fingerprint density at radius 2 is 1.47 bits per heavy atom. The highest BCUT2D eigenvalue weighted by Crippen LogP contribution is 2.28. The molecule has 0 aliphatic heterocycles. The van der Waals surface area contributed by atoms with Gasteiger partial charge in [0.15, 0.2) is 0 Å². The van der Waals surface area contributed by atoms with Gasteiger partial charge in [0.25, 0.3) is 5.91 Å². The zero-order chi connectivity index (χ0) is 25.2. The number of nitrogens with zero attached hydrogens (tertiary/aromatic N) is 1. The Balaban J connectivity index is 1.36. The molecule has 0 saturated heterocycles. The Morgan fingerprint density at radius 3 is 2.19 bits per heavy atom. The molecule has 0 atom stereocenters. The van der Waals surface area contributed by atoms with Gasteiger partial charge in [-0.05, 0) is 79.3 Å². The third-order valence-corrected chi connectivity index (χ3v) is 7.23. The summed E-state index contributed by atoms with van der Waals surface area (Å²) in [5.74, 6) is -0.0472. The summed E-state index contributed by atoms with van der Waals surface area (Å²) in [6, 6.07) is 31.6. The number of hydrogen-bond acceptors (Lipinski definition) is 1. The van der Waals surface area contributed by atoms with Gasteiger partial charge >= 0.3 is 0 Å². The van der Waals surface area contributed by atoms with Gasteiger partial charge in [0.05, 0.1) is 0 Å². The van der Waals surface area contributed by atoms with Crippen LogP contribution in [0.15, 0.2) is 91.0 Å². The van der Waals surface area contributed by atoms with Gasteiger partial charge in [-0.15, -0.1) is 0 Å². The molecule has 5 rings (SSSR count). The summed E-state index contributed by atoms with van der Waals surface area (Å²) in [5, 5.41) is 4.19. The maximum Gasteiger partial charge on any atom is 0.251 e. The number of carbonyl (C=O) groups excluding carboxylic acids is 1. The van der Waals surface area contributed by atoms with Crippen molar-refractivity contribution in [2.24, 2.45) is 0 Å². The van der Waals surface area contributed by atoms with Crippen molar-refractivity contribution in [3.63, 3.8) is 0 Å². The number of fused-ring (bicyclic) bond motifs is 1. The molecule has 5 aromatic rings. The second-order valence-corrected chi connectivity index (χ2v) is 9.71. The maximum atomic E-state index is 12.9. The van der Waals surface area contributed by atoms with Crippen molar-refractivity contribution in [1.82, 2.24) is 9.88 Å². The fraction of sp³-hybridized carbons (Fsp3) is 0.182. The molecule has 180 valence electrons. The normalized spacial score (nSPS) is 11.1. The van der Waals surface area contributed by atoms with Crippen molar-refractivity contribution in [2.75, 3.05) is 0 Å². The van der Waals surface area contributed by atoms with E-state index in [1.807, 2.05) is 12.1 Å². The van der Waals surface area contributed by atoms with Crippen LogP contribution in [0.5, 0.6) is 0 Å². The smallest absolute Gasteiger partial charge is 0.251 e. The molecule has 1 amide bonds. The average molecular weight is 473 g/mol. The summed E-state index contributed by atoms with van der Waals surface area (Å²) in [7, 11) is 0. The van der Waals surface area contributed by atoms with Gasteiger partial charge in [0.1, 0.15) is 0 Å². The lowest BCUT2D eigenvalue weighted by Gasteiger charge is -2.11. The van der Waals surface area contributed by atoms with Gasteiger partial charge in [-0.25, -0.2) is 0 Å². The molecule has 1 N–H and O–H groups in total. The third-order valence-electron chi connectivity index (χ3n) is 7.23. The van der Waals surface area contributed by atoms with Crippen LogP contribution in [0.3, 0.4) is 0 Å². The monoisotopic (exact) mass is 472 g/mol. The number of aromatic nitrogens is 1. The van der Waals surface area contributed by atoms with E-state index in [4.69, 9.17) is 0 Å². The first kappa shape index (κ1) is 23.6. The van der Waals surface area contributed by atoms with Crippen LogP contribution in [0.4, 0.5) is 0 Å². The van der Waals surface area contributed by atoms with Gasteiger partial charge in [0, 0.05) is 35.2 Å². The van der Waals surface area contributed by atoms with Crippen LogP contribution in [0.1, 0.15) is 43.9 Å². The lowest BCUT2D eigenvalue weighted by atomic mass is 9.99. The van der Waals surface area contributed by atoms with Crippen molar-refractivity contribution in [3.8, 4) is 11.1 Å². The van der Waals surface area contributed by atoms with Gasteiger partial charge < -0.3 is 9.88 Å². The predicted octanol–water partition coefficient (Wildman–Crippen LogP) is 7.52. The Labute approximate surface area is 213 Å². The standard InChI is InChI=1S/C33H32N2O/c1-22-9-11-26(12-10-22)20-34-33(36)29-17-18-32-31(19-29)24(3)25(4)35(32)21-27-13-15-28(16-14-27)30-8-6-5-7-23(30)2/h5-19H,20-21H2,1-4H3,(H,34,36). The lowest BCUT2D eigenvalue weighted by Crippen LogP contribution is -2.22. The first-order chi connectivity index (χ1) is 17.4. The summed E-state index contributed by atoms with van der Waals surface area (Å²) >= 11 is 0. The van der Waals surface area contributed by atoms with Crippen LogP contribution in [0, 0.1) is 27.7 Å². The summed E-state index contributed by atoms with van der Waals surface area (Å²) < 4.78 is 2.35. The van der Waals surface area contributed by atoms with Crippen molar-refractivity contribution in [1.29, 1.82) is 0 Å². The fourth-order valence-corrected chi connectivity index (χ4v) is 4.85. The molecule has 0 aliphatic carbocycles. The van der Waals surface area contributed by atoms with Crippen molar-refractivity contribution >= 4 is 16.8 Å². The minimum Gasteiger partial charge on any atom is -0.348 e. The molecule has 3 heteroatoms. The number of amides is 1. The number of aryl methyl sites for hydroxylation is 3. The topological polar surface area (TPSA) is 34.0 Å². The number of nitrogens with one attached hydrogen (secondary N) is 1. The van der Waals surface area contributed by atoms with Crippen LogP contribution >= 0.6 is 0 Å². The largest absolute Gasteiger partial charge is 0.348 e. The predicted molar refractivity (Wildman–Crippen MR) is 149 cm³/mol. The van der Waals surface area contributed by atoms with E-state index < -0.39 is 0 Å². The Kier molecular flexibility index (Phi) is 6.47. The minimum atomic E-state index is -0.0472. The SMILES string of the molecule is Cc1ccc(CNC(=O)c2ccc3c(c2)c(C)c(C)n3Cc2ccc(-c3ccccc3C)cc2)cc1. The Morgan fingerprint density at radius 1 is 0.778 bits per heavy atom. The van der Waals surface area contributed by atoms with Crippen LogP contribution in [-0.2, 0) is 13.1 Å². The molecule has 0 radical (unpaired) electrons. The highest BCUT2D eigenvalue weighted by molar-refractivity contribution is 5.99. The van der Waals surface area contributed by atoms with Crippen molar-refractivity contribution in [2.45, 2.75) is 40.8 Å². The van der Waals surface area contributed by atoms with E-state index in [-0.39, 0.29) is 5.91 Å². The zero-order valence-electron chi connectivity index (χ0n) is 21.4. The Bertz CT molecular complexity index is 1540. The van der Waals surface area contributed by atoms with E-state index in [1.54, 1.807) is 0 Å². The fourth-order valence-electron chi connectivity index (χ4n) is 4.85. The Hall–Kier alpha value is -4.11. The average Bonchev–Trinajstić information content (AvgIpc) is 3.13. The molecule has 0 fully saturated rings. The van der Waals surface area contributed by atoms with Gasteiger partial charge in [-0.3, -0.25) is 4.79 Å². The number of carbonyl (C=O) groups is 1. The summed E-state index contributed by atoms with van der Waals surface area (Å²) in [5.41, 5.74) is 11.7. The zero-order valence-corrected chi connectivity index (χ0v) is 21.4. The van der Waals surface area contributed by atoms with E-state index in [9.17, 15) is 4.79 Å². The molecule has 0 aliphatic rings. The molecule has 1 aromatic heterocycles. The van der Waals surface area contributed by atoms with E-state index in [1.165, 1.54) is 39.1 Å². The summed E-state index contributed by atoms with van der Waals surface area (Å²) in [4.78, 5) is 12.9. The van der Waals surface area contributed by atoms with E-state index in [0.717, 1.165) is 23.0 Å². The quantitative estimate of drug-likeness (QED) is 0.272. The molecule has 3 nitrogen and oxygen atoms in total. The van der Waals surface area contributed by atoms with Crippen LogP contribution in [-0.4, -0.2) is 10.5 Å². The van der Waals surface area contributed by atoms with Gasteiger partial charge in [-0.2, -0.15) is 0 Å². The molecular formula is C33H32N2O. The molecule has 0 saturated carbocycles. The molecule has 0 spiro atoms. The molecule has 0 unspecified atom stereocenters. The van der Waals surface area contributed by atoms with Crippen LogP contribution in [0.2, 0.25) is 0 Å². The highest BCUT2D eigenvalue weighted by atomic mass is 16.1. The maximum absolute atomic E-state index is 12.9. The van der Waals surface area contributed by atoms with E-state index in [2.05, 4.69) is 116 Å². The van der Waals surface area contributed by atoms with E-state index in [0.29, 0.717) is 12.1 Å². The van der Waals surface area contributed by atoms with Gasteiger partial charge in [0.2, 0.25) is 0 Å². The summed E-state index contributed by atoms with van der Waals surface area (Å²) in [6.07, 6.45) is 0. The minimum absolute atomic E-state index is 0.0472.